The molecule has 0 saturated heterocycles. The largest absolute Gasteiger partial charge is 0.472 e. The SMILES string of the molecule is CCOC[C@H]1c2c(ncn2C)CCN1C(=O)c1ccoc1. The Hall–Kier alpha value is -2.08. The van der Waals surface area contributed by atoms with Crippen LogP contribution in [-0.4, -0.2) is 40.1 Å². The summed E-state index contributed by atoms with van der Waals surface area (Å²) >= 11 is 0. The van der Waals surface area contributed by atoms with Crippen molar-refractivity contribution < 1.29 is 13.9 Å². The molecule has 1 atom stereocenters. The summed E-state index contributed by atoms with van der Waals surface area (Å²) in [5.74, 6) is -0.0275. The van der Waals surface area contributed by atoms with Gasteiger partial charge in [-0.1, -0.05) is 0 Å². The standard InChI is InChI=1S/C15H19N3O3/c1-3-20-9-13-14-12(16-10-17(14)2)4-6-18(13)15(19)11-5-7-21-8-11/h5,7-8,10,13H,3-4,6,9H2,1-2H3/t13-/m0/s1. The van der Waals surface area contributed by atoms with E-state index in [1.54, 1.807) is 12.4 Å². The van der Waals surface area contributed by atoms with E-state index < -0.39 is 0 Å². The molecule has 112 valence electrons. The van der Waals surface area contributed by atoms with E-state index in [1.165, 1.54) is 12.5 Å². The van der Waals surface area contributed by atoms with Crippen LogP contribution in [0.25, 0.3) is 0 Å². The molecular weight excluding hydrogens is 270 g/mol. The van der Waals surface area contributed by atoms with Crippen LogP contribution in [0.3, 0.4) is 0 Å². The van der Waals surface area contributed by atoms with Crippen LogP contribution < -0.4 is 0 Å². The average molecular weight is 289 g/mol. The van der Waals surface area contributed by atoms with Crippen LogP contribution in [0.2, 0.25) is 0 Å². The van der Waals surface area contributed by atoms with Gasteiger partial charge < -0.3 is 18.6 Å². The monoisotopic (exact) mass is 289 g/mol. The van der Waals surface area contributed by atoms with E-state index in [1.807, 2.05) is 23.4 Å². The number of imidazole rings is 1. The summed E-state index contributed by atoms with van der Waals surface area (Å²) in [7, 11) is 1.95. The first-order valence-electron chi connectivity index (χ1n) is 7.13. The van der Waals surface area contributed by atoms with Crippen LogP contribution in [0.4, 0.5) is 0 Å². The Morgan fingerprint density at radius 2 is 2.43 bits per heavy atom. The predicted octanol–water partition coefficient (Wildman–Crippen LogP) is 1.79. The van der Waals surface area contributed by atoms with E-state index >= 15 is 0 Å². The van der Waals surface area contributed by atoms with Crippen molar-refractivity contribution in [2.24, 2.45) is 7.05 Å². The zero-order valence-corrected chi connectivity index (χ0v) is 12.3. The van der Waals surface area contributed by atoms with Crippen LogP contribution in [0.1, 0.15) is 34.7 Å². The third-order valence-corrected chi connectivity index (χ3v) is 3.85. The fourth-order valence-electron chi connectivity index (χ4n) is 2.83. The number of rotatable bonds is 4. The molecule has 6 heteroatoms. The summed E-state index contributed by atoms with van der Waals surface area (Å²) in [6.45, 7) is 3.70. The van der Waals surface area contributed by atoms with Gasteiger partial charge in [0.2, 0.25) is 0 Å². The van der Waals surface area contributed by atoms with Crippen molar-refractivity contribution in [1.29, 1.82) is 0 Å². The van der Waals surface area contributed by atoms with Gasteiger partial charge in [-0.3, -0.25) is 4.79 Å². The smallest absolute Gasteiger partial charge is 0.257 e. The minimum atomic E-state index is -0.108. The zero-order valence-electron chi connectivity index (χ0n) is 12.3. The van der Waals surface area contributed by atoms with Crippen LogP contribution in [0.15, 0.2) is 29.3 Å². The highest BCUT2D eigenvalue weighted by molar-refractivity contribution is 5.94. The number of carbonyl (C=O) groups excluding carboxylic acids is 1. The number of aromatic nitrogens is 2. The Kier molecular flexibility index (Phi) is 3.79. The van der Waals surface area contributed by atoms with Crippen molar-refractivity contribution in [2.45, 2.75) is 19.4 Å². The molecular formula is C15H19N3O3. The summed E-state index contributed by atoms with van der Waals surface area (Å²) < 4.78 is 12.6. The minimum Gasteiger partial charge on any atom is -0.472 e. The maximum absolute atomic E-state index is 12.7. The van der Waals surface area contributed by atoms with Gasteiger partial charge in [-0.2, -0.15) is 0 Å². The molecule has 1 aliphatic rings. The van der Waals surface area contributed by atoms with Crippen LogP contribution in [0, 0.1) is 0 Å². The molecule has 1 amide bonds. The number of ether oxygens (including phenoxy) is 1. The van der Waals surface area contributed by atoms with E-state index in [4.69, 9.17) is 9.15 Å². The van der Waals surface area contributed by atoms with Crippen LogP contribution in [0.5, 0.6) is 0 Å². The van der Waals surface area contributed by atoms with Crippen molar-refractivity contribution in [3.63, 3.8) is 0 Å². The van der Waals surface area contributed by atoms with Gasteiger partial charge in [-0.05, 0) is 13.0 Å². The molecule has 0 spiro atoms. The summed E-state index contributed by atoms with van der Waals surface area (Å²) in [5, 5.41) is 0. The van der Waals surface area contributed by atoms with E-state index in [2.05, 4.69) is 4.98 Å². The number of carbonyl (C=O) groups is 1. The number of nitrogens with zero attached hydrogens (tertiary/aromatic N) is 3. The highest BCUT2D eigenvalue weighted by atomic mass is 16.5. The van der Waals surface area contributed by atoms with Crippen LogP contribution >= 0.6 is 0 Å². The normalized spacial score (nSPS) is 17.8. The van der Waals surface area contributed by atoms with E-state index in [0.29, 0.717) is 25.3 Å². The molecule has 0 unspecified atom stereocenters. The molecule has 21 heavy (non-hydrogen) atoms. The molecule has 0 fully saturated rings. The first-order chi connectivity index (χ1) is 10.2. The van der Waals surface area contributed by atoms with E-state index in [0.717, 1.165) is 17.8 Å². The van der Waals surface area contributed by atoms with Gasteiger partial charge in [0.1, 0.15) is 6.26 Å². The molecule has 0 bridgehead atoms. The highest BCUT2D eigenvalue weighted by Crippen LogP contribution is 2.30. The first-order valence-corrected chi connectivity index (χ1v) is 7.13. The molecule has 2 aromatic rings. The first kappa shape index (κ1) is 13.9. The van der Waals surface area contributed by atoms with E-state index in [9.17, 15) is 4.79 Å². The number of furan rings is 1. The predicted molar refractivity (Wildman–Crippen MR) is 75.9 cm³/mol. The van der Waals surface area contributed by atoms with Crippen molar-refractivity contribution in [1.82, 2.24) is 14.5 Å². The molecule has 1 aliphatic heterocycles. The third kappa shape index (κ3) is 2.47. The topological polar surface area (TPSA) is 60.5 Å². The number of hydrogen-bond acceptors (Lipinski definition) is 4. The molecule has 0 aliphatic carbocycles. The number of amides is 1. The van der Waals surface area contributed by atoms with Crippen molar-refractivity contribution in [3.05, 3.63) is 41.9 Å². The van der Waals surface area contributed by atoms with E-state index in [-0.39, 0.29) is 11.9 Å². The quantitative estimate of drug-likeness (QED) is 0.861. The lowest BCUT2D eigenvalue weighted by atomic mass is 10.0. The Balaban J connectivity index is 1.93. The van der Waals surface area contributed by atoms with Gasteiger partial charge >= 0.3 is 0 Å². The Bertz CT molecular complexity index is 618. The molecule has 2 aromatic heterocycles. The molecule has 6 nitrogen and oxygen atoms in total. The second-order valence-electron chi connectivity index (χ2n) is 5.12. The lowest BCUT2D eigenvalue weighted by Crippen LogP contribution is -2.42. The number of aryl methyl sites for hydroxylation is 1. The van der Waals surface area contributed by atoms with Gasteiger partial charge in [0.15, 0.2) is 0 Å². The second-order valence-corrected chi connectivity index (χ2v) is 5.12. The number of hydrogen-bond donors (Lipinski definition) is 0. The van der Waals surface area contributed by atoms with Crippen molar-refractivity contribution >= 4 is 5.91 Å². The maximum Gasteiger partial charge on any atom is 0.257 e. The minimum absolute atomic E-state index is 0.0275. The zero-order chi connectivity index (χ0) is 14.8. The lowest BCUT2D eigenvalue weighted by molar-refractivity contribution is 0.0401. The maximum atomic E-state index is 12.7. The van der Waals surface area contributed by atoms with Gasteiger partial charge in [-0.25, -0.2) is 4.98 Å². The van der Waals surface area contributed by atoms with Crippen molar-refractivity contribution in [3.8, 4) is 0 Å². The van der Waals surface area contributed by atoms with Gasteiger partial charge in [-0.15, -0.1) is 0 Å². The third-order valence-electron chi connectivity index (χ3n) is 3.85. The molecule has 0 radical (unpaired) electrons. The highest BCUT2D eigenvalue weighted by Gasteiger charge is 2.34. The Morgan fingerprint density at radius 1 is 1.57 bits per heavy atom. The van der Waals surface area contributed by atoms with Gasteiger partial charge in [0.25, 0.3) is 5.91 Å². The Morgan fingerprint density at radius 3 is 3.14 bits per heavy atom. The average Bonchev–Trinajstić information content (AvgIpc) is 3.14. The van der Waals surface area contributed by atoms with Gasteiger partial charge in [0, 0.05) is 26.6 Å². The fourth-order valence-corrected chi connectivity index (χ4v) is 2.83. The molecule has 3 heterocycles. The molecule has 0 N–H and O–H groups in total. The fraction of sp³-hybridized carbons (Fsp3) is 0.467. The molecule has 0 aromatic carbocycles. The summed E-state index contributed by atoms with van der Waals surface area (Å²) in [6, 6.07) is 1.59. The molecule has 0 saturated carbocycles. The molecule has 3 rings (SSSR count). The summed E-state index contributed by atoms with van der Waals surface area (Å²) in [5.41, 5.74) is 2.69. The second kappa shape index (κ2) is 5.73. The summed E-state index contributed by atoms with van der Waals surface area (Å²) in [6.07, 6.45) is 5.57. The summed E-state index contributed by atoms with van der Waals surface area (Å²) in [4.78, 5) is 18.9. The van der Waals surface area contributed by atoms with Crippen molar-refractivity contribution in [2.75, 3.05) is 19.8 Å². The van der Waals surface area contributed by atoms with Crippen LogP contribution in [-0.2, 0) is 18.2 Å². The lowest BCUT2D eigenvalue weighted by Gasteiger charge is -2.35. The Labute approximate surface area is 123 Å². The number of fused-ring (bicyclic) bond motifs is 1. The van der Waals surface area contributed by atoms with Gasteiger partial charge in [0.05, 0.1) is 42.2 Å².